The first-order chi connectivity index (χ1) is 14.1. The molecule has 7 heteroatoms. The van der Waals surface area contributed by atoms with Gasteiger partial charge in [-0.3, -0.25) is 4.79 Å². The number of para-hydroxylation sites is 2. The van der Waals surface area contributed by atoms with Crippen LogP contribution in [0.2, 0.25) is 0 Å². The highest BCUT2D eigenvalue weighted by molar-refractivity contribution is 5.86. The van der Waals surface area contributed by atoms with Crippen LogP contribution >= 0.6 is 0 Å². The lowest BCUT2D eigenvalue weighted by Gasteiger charge is -2.28. The first-order valence-electron chi connectivity index (χ1n) is 9.67. The van der Waals surface area contributed by atoms with Gasteiger partial charge in [0.25, 0.3) is 0 Å². The van der Waals surface area contributed by atoms with E-state index in [1.807, 2.05) is 42.5 Å². The van der Waals surface area contributed by atoms with Gasteiger partial charge in [0.2, 0.25) is 5.91 Å². The maximum absolute atomic E-state index is 12.1. The van der Waals surface area contributed by atoms with E-state index in [4.69, 9.17) is 14.5 Å². The van der Waals surface area contributed by atoms with Crippen molar-refractivity contribution in [2.45, 2.75) is 19.0 Å². The number of guanidine groups is 1. The third-order valence-electron chi connectivity index (χ3n) is 4.78. The van der Waals surface area contributed by atoms with E-state index < -0.39 is 0 Å². The van der Waals surface area contributed by atoms with Crippen LogP contribution < -0.4 is 20.1 Å². The molecule has 3 rings (SSSR count). The summed E-state index contributed by atoms with van der Waals surface area (Å²) in [5.41, 5.74) is 2.06. The van der Waals surface area contributed by atoms with Crippen LogP contribution in [0.3, 0.4) is 0 Å². The summed E-state index contributed by atoms with van der Waals surface area (Å²) in [5.74, 6) is 2.22. The Labute approximate surface area is 171 Å². The largest absolute Gasteiger partial charge is 0.496 e. The number of methoxy groups -OCH3 is 1. The number of fused-ring (bicyclic) bond motifs is 1. The molecule has 0 spiro atoms. The van der Waals surface area contributed by atoms with Crippen molar-refractivity contribution in [3.63, 3.8) is 0 Å². The second kappa shape index (κ2) is 9.82. The molecule has 1 unspecified atom stereocenters. The molecule has 1 aliphatic rings. The molecule has 0 saturated carbocycles. The highest BCUT2D eigenvalue weighted by Gasteiger charge is 2.22. The van der Waals surface area contributed by atoms with Crippen LogP contribution in [0.25, 0.3) is 0 Å². The van der Waals surface area contributed by atoms with E-state index in [-0.39, 0.29) is 18.5 Å². The molecule has 1 aliphatic heterocycles. The lowest BCUT2D eigenvalue weighted by atomic mass is 10.0. The predicted octanol–water partition coefficient (Wildman–Crippen LogP) is 2.34. The zero-order chi connectivity index (χ0) is 20.6. The number of nitrogens with zero attached hydrogens (tertiary/aromatic N) is 2. The number of ether oxygens (including phenoxy) is 2. The van der Waals surface area contributed by atoms with Crippen LogP contribution in [0.1, 0.15) is 23.6 Å². The van der Waals surface area contributed by atoms with Gasteiger partial charge in [0.05, 0.1) is 32.8 Å². The maximum Gasteiger partial charge on any atom is 0.241 e. The minimum absolute atomic E-state index is 0.0239. The molecule has 2 N–H and O–H groups in total. The van der Waals surface area contributed by atoms with E-state index in [2.05, 4.69) is 16.7 Å². The van der Waals surface area contributed by atoms with Crippen LogP contribution in [0.4, 0.5) is 0 Å². The first-order valence-corrected chi connectivity index (χ1v) is 9.67. The lowest BCUT2D eigenvalue weighted by molar-refractivity contribution is -0.127. The van der Waals surface area contributed by atoms with Gasteiger partial charge < -0.3 is 25.0 Å². The standard InChI is InChI=1S/C22H28N4O3/c1-26(2)21(27)15-24-22(23-14-16-8-4-6-10-19(16)28-3)25-18-12-13-29-20-11-7-5-9-17(18)20/h4-11,18H,12-15H2,1-3H3,(H2,23,24,25). The summed E-state index contributed by atoms with van der Waals surface area (Å²) in [7, 11) is 5.12. The van der Waals surface area contributed by atoms with Gasteiger partial charge >= 0.3 is 0 Å². The van der Waals surface area contributed by atoms with Gasteiger partial charge in [0.1, 0.15) is 11.5 Å². The molecule has 0 aromatic heterocycles. The average molecular weight is 396 g/mol. The molecule has 1 heterocycles. The van der Waals surface area contributed by atoms with Gasteiger partial charge in [-0.25, -0.2) is 4.99 Å². The summed E-state index contributed by atoms with van der Waals surface area (Å²) in [6, 6.07) is 15.8. The number of hydrogen-bond acceptors (Lipinski definition) is 4. The van der Waals surface area contributed by atoms with Crippen molar-refractivity contribution < 1.29 is 14.3 Å². The van der Waals surface area contributed by atoms with Crippen LogP contribution in [-0.4, -0.2) is 51.1 Å². The Balaban J connectivity index is 1.78. The number of hydrogen-bond donors (Lipinski definition) is 2. The van der Waals surface area contributed by atoms with E-state index in [1.54, 1.807) is 26.1 Å². The van der Waals surface area contributed by atoms with Gasteiger partial charge in [-0.2, -0.15) is 0 Å². The quantitative estimate of drug-likeness (QED) is 0.579. The average Bonchev–Trinajstić information content (AvgIpc) is 2.75. The van der Waals surface area contributed by atoms with Crippen molar-refractivity contribution in [2.24, 2.45) is 4.99 Å². The van der Waals surface area contributed by atoms with E-state index in [1.165, 1.54) is 0 Å². The number of carbonyl (C=O) groups excluding carboxylic acids is 1. The summed E-state index contributed by atoms with van der Waals surface area (Å²) in [6.07, 6.45) is 0.813. The van der Waals surface area contributed by atoms with E-state index >= 15 is 0 Å². The van der Waals surface area contributed by atoms with Crippen molar-refractivity contribution in [3.8, 4) is 11.5 Å². The summed E-state index contributed by atoms with van der Waals surface area (Å²) >= 11 is 0. The molecule has 29 heavy (non-hydrogen) atoms. The molecule has 0 saturated heterocycles. The molecular formula is C22H28N4O3. The lowest BCUT2D eigenvalue weighted by Crippen LogP contribution is -2.45. The number of aliphatic imine (C=N–C) groups is 1. The SMILES string of the molecule is COc1ccccc1CN=C(NCC(=O)N(C)C)NC1CCOc2ccccc21. The zero-order valence-corrected chi connectivity index (χ0v) is 17.1. The molecule has 0 aliphatic carbocycles. The highest BCUT2D eigenvalue weighted by Crippen LogP contribution is 2.31. The fourth-order valence-electron chi connectivity index (χ4n) is 3.12. The topological polar surface area (TPSA) is 75.2 Å². The summed E-state index contributed by atoms with van der Waals surface area (Å²) in [5, 5.41) is 6.61. The van der Waals surface area contributed by atoms with E-state index in [0.717, 1.165) is 29.0 Å². The Bertz CT molecular complexity index is 867. The molecule has 0 radical (unpaired) electrons. The number of carbonyl (C=O) groups is 1. The van der Waals surface area contributed by atoms with Crippen molar-refractivity contribution in [2.75, 3.05) is 34.4 Å². The molecule has 2 aromatic carbocycles. The third-order valence-corrected chi connectivity index (χ3v) is 4.78. The molecule has 1 atom stereocenters. The Hall–Kier alpha value is -3.22. The van der Waals surface area contributed by atoms with Gasteiger partial charge in [0.15, 0.2) is 5.96 Å². The smallest absolute Gasteiger partial charge is 0.241 e. The summed E-state index contributed by atoms with van der Waals surface area (Å²) in [6.45, 7) is 1.22. The van der Waals surface area contributed by atoms with Crippen LogP contribution in [-0.2, 0) is 11.3 Å². The molecule has 2 aromatic rings. The Morgan fingerprint density at radius 3 is 2.76 bits per heavy atom. The Kier molecular flexibility index (Phi) is 6.94. The van der Waals surface area contributed by atoms with Crippen molar-refractivity contribution in [1.29, 1.82) is 0 Å². The van der Waals surface area contributed by atoms with Gasteiger partial charge in [-0.05, 0) is 12.1 Å². The number of rotatable bonds is 6. The second-order valence-electron chi connectivity index (χ2n) is 6.99. The molecule has 7 nitrogen and oxygen atoms in total. The molecular weight excluding hydrogens is 368 g/mol. The molecule has 0 fully saturated rings. The molecule has 1 amide bonds. The van der Waals surface area contributed by atoms with Crippen molar-refractivity contribution in [1.82, 2.24) is 15.5 Å². The monoisotopic (exact) mass is 396 g/mol. The van der Waals surface area contributed by atoms with Crippen LogP contribution in [0.15, 0.2) is 53.5 Å². The minimum Gasteiger partial charge on any atom is -0.496 e. The predicted molar refractivity (Wildman–Crippen MR) is 113 cm³/mol. The Morgan fingerprint density at radius 1 is 1.21 bits per heavy atom. The minimum atomic E-state index is -0.0239. The fourth-order valence-corrected chi connectivity index (χ4v) is 3.12. The van der Waals surface area contributed by atoms with Crippen LogP contribution in [0.5, 0.6) is 11.5 Å². The number of benzene rings is 2. The van der Waals surface area contributed by atoms with E-state index in [0.29, 0.717) is 19.1 Å². The highest BCUT2D eigenvalue weighted by atomic mass is 16.5. The number of nitrogens with one attached hydrogen (secondary N) is 2. The maximum atomic E-state index is 12.1. The zero-order valence-electron chi connectivity index (χ0n) is 17.1. The second-order valence-corrected chi connectivity index (χ2v) is 6.99. The van der Waals surface area contributed by atoms with Gasteiger partial charge in [-0.1, -0.05) is 36.4 Å². The van der Waals surface area contributed by atoms with Crippen LogP contribution in [0, 0.1) is 0 Å². The molecule has 154 valence electrons. The van der Waals surface area contributed by atoms with E-state index in [9.17, 15) is 4.79 Å². The molecule has 0 bridgehead atoms. The van der Waals surface area contributed by atoms with Crippen molar-refractivity contribution in [3.05, 3.63) is 59.7 Å². The Morgan fingerprint density at radius 2 is 1.97 bits per heavy atom. The number of amides is 1. The first kappa shape index (κ1) is 20.5. The van der Waals surface area contributed by atoms with Gasteiger partial charge in [0, 0.05) is 31.6 Å². The normalized spacial score (nSPS) is 15.7. The summed E-state index contributed by atoms with van der Waals surface area (Å²) < 4.78 is 11.2. The summed E-state index contributed by atoms with van der Waals surface area (Å²) in [4.78, 5) is 18.3. The van der Waals surface area contributed by atoms with Crippen molar-refractivity contribution >= 4 is 11.9 Å². The fraction of sp³-hybridized carbons (Fsp3) is 0.364. The third kappa shape index (κ3) is 5.40. The number of likely N-dealkylation sites (N-methyl/N-ethyl adjacent to an activating group) is 1. The van der Waals surface area contributed by atoms with Gasteiger partial charge in [-0.15, -0.1) is 0 Å².